The Balaban J connectivity index is 0.00000162. The summed E-state index contributed by atoms with van der Waals surface area (Å²) in [7, 11) is -3.42. The van der Waals surface area contributed by atoms with Crippen LogP contribution in [0.15, 0.2) is 10.3 Å². The second kappa shape index (κ2) is 6.54. The Morgan fingerprint density at radius 1 is 1.56 bits per heavy atom. The number of aryl methyl sites for hydroxylation is 1. The molecule has 2 rings (SSSR count). The molecular formula is C10H16Cl2N2O2S2. The van der Waals surface area contributed by atoms with Crippen molar-refractivity contribution in [1.82, 2.24) is 10.0 Å². The minimum atomic E-state index is -3.42. The maximum Gasteiger partial charge on any atom is 0.250 e. The van der Waals surface area contributed by atoms with Crippen molar-refractivity contribution in [3.05, 3.63) is 16.0 Å². The molecule has 1 aliphatic rings. The summed E-state index contributed by atoms with van der Waals surface area (Å²) in [5.74, 6) is 0. The van der Waals surface area contributed by atoms with Crippen molar-refractivity contribution < 1.29 is 8.42 Å². The van der Waals surface area contributed by atoms with Gasteiger partial charge in [-0.15, -0.1) is 23.7 Å². The van der Waals surface area contributed by atoms with E-state index in [1.165, 1.54) is 0 Å². The highest BCUT2D eigenvalue weighted by molar-refractivity contribution is 7.91. The monoisotopic (exact) mass is 330 g/mol. The molecule has 0 unspecified atom stereocenters. The fourth-order valence-electron chi connectivity index (χ4n) is 1.79. The van der Waals surface area contributed by atoms with Crippen LogP contribution < -0.4 is 10.0 Å². The lowest BCUT2D eigenvalue weighted by Crippen LogP contribution is -2.45. The molecule has 1 aromatic heterocycles. The van der Waals surface area contributed by atoms with Crippen molar-refractivity contribution in [3.63, 3.8) is 0 Å². The van der Waals surface area contributed by atoms with E-state index in [-0.39, 0.29) is 18.4 Å². The molecular weight excluding hydrogens is 315 g/mol. The van der Waals surface area contributed by atoms with Gasteiger partial charge < -0.3 is 5.32 Å². The van der Waals surface area contributed by atoms with Gasteiger partial charge in [0.05, 0.1) is 4.34 Å². The van der Waals surface area contributed by atoms with Crippen LogP contribution in [0.5, 0.6) is 0 Å². The third kappa shape index (κ3) is 3.82. The van der Waals surface area contributed by atoms with Gasteiger partial charge in [0.25, 0.3) is 0 Å². The van der Waals surface area contributed by atoms with Crippen LogP contribution in [0.4, 0.5) is 0 Å². The topological polar surface area (TPSA) is 58.2 Å². The predicted molar refractivity (Wildman–Crippen MR) is 77.5 cm³/mol. The van der Waals surface area contributed by atoms with Gasteiger partial charge in [0, 0.05) is 12.6 Å². The SMILES string of the molecule is Cc1cc(S(=O)(=O)N[C@@H]2CCCNC2)sc1Cl.Cl. The Kier molecular flexibility index (Phi) is 5.89. The van der Waals surface area contributed by atoms with Gasteiger partial charge in [0.2, 0.25) is 10.0 Å². The number of halogens is 2. The highest BCUT2D eigenvalue weighted by Gasteiger charge is 2.23. The molecule has 0 aromatic carbocycles. The van der Waals surface area contributed by atoms with E-state index >= 15 is 0 Å². The molecule has 0 radical (unpaired) electrons. The zero-order valence-electron chi connectivity index (χ0n) is 9.90. The number of nitrogens with one attached hydrogen (secondary N) is 2. The molecule has 1 aliphatic heterocycles. The summed E-state index contributed by atoms with van der Waals surface area (Å²) in [5, 5.41) is 3.18. The highest BCUT2D eigenvalue weighted by atomic mass is 35.5. The number of hydrogen-bond acceptors (Lipinski definition) is 4. The first-order chi connectivity index (χ1) is 7.99. The van der Waals surface area contributed by atoms with E-state index in [2.05, 4.69) is 10.0 Å². The van der Waals surface area contributed by atoms with Crippen LogP contribution in [0.1, 0.15) is 18.4 Å². The minimum absolute atomic E-state index is 0. The van der Waals surface area contributed by atoms with Crippen molar-refractivity contribution in [1.29, 1.82) is 0 Å². The normalized spacial score (nSPS) is 20.4. The van der Waals surface area contributed by atoms with Gasteiger partial charge in [0.15, 0.2) is 0 Å². The summed E-state index contributed by atoms with van der Waals surface area (Å²) < 4.78 is 27.7. The van der Waals surface area contributed by atoms with E-state index in [1.54, 1.807) is 13.0 Å². The van der Waals surface area contributed by atoms with E-state index in [0.29, 0.717) is 15.1 Å². The van der Waals surface area contributed by atoms with Crippen LogP contribution in [-0.4, -0.2) is 27.5 Å². The van der Waals surface area contributed by atoms with E-state index < -0.39 is 10.0 Å². The number of rotatable bonds is 3. The summed E-state index contributed by atoms with van der Waals surface area (Å²) in [4.78, 5) is 0. The lowest BCUT2D eigenvalue weighted by molar-refractivity contribution is 0.429. The van der Waals surface area contributed by atoms with Crippen LogP contribution in [0, 0.1) is 6.92 Å². The lowest BCUT2D eigenvalue weighted by Gasteiger charge is -2.23. The third-order valence-corrected chi connectivity index (χ3v) is 6.27. The fourth-order valence-corrected chi connectivity index (χ4v) is 4.79. The van der Waals surface area contributed by atoms with Crippen molar-refractivity contribution in [2.75, 3.05) is 13.1 Å². The second-order valence-electron chi connectivity index (χ2n) is 4.19. The molecule has 8 heteroatoms. The average Bonchev–Trinajstić information content (AvgIpc) is 2.61. The first-order valence-corrected chi connectivity index (χ1v) is 8.16. The predicted octanol–water partition coefficient (Wildman–Crippen LogP) is 2.16. The molecule has 0 bridgehead atoms. The lowest BCUT2D eigenvalue weighted by atomic mass is 10.1. The Labute approximate surface area is 123 Å². The Morgan fingerprint density at radius 3 is 2.78 bits per heavy atom. The van der Waals surface area contributed by atoms with Crippen LogP contribution in [-0.2, 0) is 10.0 Å². The summed E-state index contributed by atoms with van der Waals surface area (Å²) in [6, 6.07) is 1.60. The number of piperidine rings is 1. The molecule has 2 heterocycles. The highest BCUT2D eigenvalue weighted by Crippen LogP contribution is 2.30. The van der Waals surface area contributed by atoms with E-state index in [0.717, 1.165) is 36.3 Å². The quantitative estimate of drug-likeness (QED) is 0.892. The average molecular weight is 331 g/mol. The molecule has 0 saturated carbocycles. The first kappa shape index (κ1) is 16.2. The standard InChI is InChI=1S/C10H15ClN2O2S2.ClH/c1-7-5-9(16-10(7)11)17(14,15)13-8-3-2-4-12-6-8;/h5,8,12-13H,2-4,6H2,1H3;1H/t8-;/m1./s1. The van der Waals surface area contributed by atoms with Crippen molar-refractivity contribution in [2.24, 2.45) is 0 Å². The Morgan fingerprint density at radius 2 is 2.28 bits per heavy atom. The number of thiophene rings is 1. The van der Waals surface area contributed by atoms with Crippen molar-refractivity contribution >= 4 is 45.4 Å². The zero-order valence-corrected chi connectivity index (χ0v) is 13.1. The largest absolute Gasteiger partial charge is 0.315 e. The zero-order chi connectivity index (χ0) is 12.5. The Hall–Kier alpha value is 0.150. The molecule has 18 heavy (non-hydrogen) atoms. The molecule has 4 nitrogen and oxygen atoms in total. The van der Waals surface area contributed by atoms with E-state index in [4.69, 9.17) is 11.6 Å². The number of hydrogen-bond donors (Lipinski definition) is 2. The molecule has 104 valence electrons. The van der Waals surface area contributed by atoms with Gasteiger partial charge in [-0.05, 0) is 37.9 Å². The molecule has 2 N–H and O–H groups in total. The van der Waals surface area contributed by atoms with Crippen molar-refractivity contribution in [2.45, 2.75) is 30.0 Å². The second-order valence-corrected chi connectivity index (χ2v) is 7.78. The summed E-state index contributed by atoms with van der Waals surface area (Å²) >= 11 is 7.00. The smallest absolute Gasteiger partial charge is 0.250 e. The van der Waals surface area contributed by atoms with Gasteiger partial charge in [-0.3, -0.25) is 0 Å². The molecule has 0 amide bonds. The molecule has 0 aliphatic carbocycles. The maximum absolute atomic E-state index is 12.1. The molecule has 1 fully saturated rings. The van der Waals surface area contributed by atoms with Crippen LogP contribution in [0.3, 0.4) is 0 Å². The molecule has 1 saturated heterocycles. The van der Waals surface area contributed by atoms with Gasteiger partial charge in [-0.25, -0.2) is 13.1 Å². The van der Waals surface area contributed by atoms with E-state index in [9.17, 15) is 8.42 Å². The number of sulfonamides is 1. The van der Waals surface area contributed by atoms with Crippen LogP contribution in [0.25, 0.3) is 0 Å². The summed E-state index contributed by atoms with van der Waals surface area (Å²) in [5.41, 5.74) is 0.804. The summed E-state index contributed by atoms with van der Waals surface area (Å²) in [6.45, 7) is 3.46. The van der Waals surface area contributed by atoms with Gasteiger partial charge in [0.1, 0.15) is 4.21 Å². The maximum atomic E-state index is 12.1. The molecule has 1 atom stereocenters. The molecule has 1 aromatic rings. The van der Waals surface area contributed by atoms with Gasteiger partial charge in [-0.2, -0.15) is 0 Å². The van der Waals surface area contributed by atoms with Crippen LogP contribution >= 0.6 is 35.3 Å². The third-order valence-electron chi connectivity index (χ3n) is 2.72. The van der Waals surface area contributed by atoms with Crippen LogP contribution in [0.2, 0.25) is 4.34 Å². The molecule has 0 spiro atoms. The minimum Gasteiger partial charge on any atom is -0.315 e. The fraction of sp³-hybridized carbons (Fsp3) is 0.600. The van der Waals surface area contributed by atoms with Gasteiger partial charge >= 0.3 is 0 Å². The summed E-state index contributed by atoms with van der Waals surface area (Å²) in [6.07, 6.45) is 1.88. The van der Waals surface area contributed by atoms with Crippen molar-refractivity contribution in [3.8, 4) is 0 Å². The first-order valence-electron chi connectivity index (χ1n) is 5.48. The van der Waals surface area contributed by atoms with Gasteiger partial charge in [-0.1, -0.05) is 11.6 Å². The van der Waals surface area contributed by atoms with E-state index in [1.807, 2.05) is 0 Å². The Bertz CT molecular complexity index is 476.